The molecule has 0 bridgehead atoms. The highest BCUT2D eigenvalue weighted by atomic mass is 16.5. The number of piperidine rings is 1. The minimum absolute atomic E-state index is 0.0270. The van der Waals surface area contributed by atoms with Gasteiger partial charge in [-0.2, -0.15) is 0 Å². The highest BCUT2D eigenvalue weighted by molar-refractivity contribution is 5.14. The van der Waals surface area contributed by atoms with E-state index in [2.05, 4.69) is 30.1 Å². The lowest BCUT2D eigenvalue weighted by atomic mass is 9.85. The van der Waals surface area contributed by atoms with Crippen molar-refractivity contribution in [3.8, 4) is 0 Å². The minimum atomic E-state index is 0.0270. The molecule has 0 aromatic carbocycles. The van der Waals surface area contributed by atoms with Gasteiger partial charge in [-0.25, -0.2) is 4.98 Å². The van der Waals surface area contributed by atoms with E-state index in [0.29, 0.717) is 18.1 Å². The number of hydrogen-bond acceptors (Lipinski definition) is 4. The molecule has 0 radical (unpaired) electrons. The van der Waals surface area contributed by atoms with Crippen LogP contribution >= 0.6 is 0 Å². The molecule has 1 unspecified atom stereocenters. The van der Waals surface area contributed by atoms with Gasteiger partial charge in [0, 0.05) is 37.5 Å². The van der Waals surface area contributed by atoms with E-state index in [0.717, 1.165) is 38.2 Å². The van der Waals surface area contributed by atoms with Gasteiger partial charge in [0.1, 0.15) is 5.82 Å². The van der Waals surface area contributed by atoms with Gasteiger partial charge in [0.2, 0.25) is 0 Å². The highest BCUT2D eigenvalue weighted by Gasteiger charge is 2.27. The molecular weight excluding hydrogens is 300 g/mol. The molecule has 1 aliphatic heterocycles. The number of nitrogens with one attached hydrogen (secondary N) is 1. The maximum Gasteiger partial charge on any atom is 0.125 e. The smallest absolute Gasteiger partial charge is 0.125 e. The molecule has 0 spiro atoms. The van der Waals surface area contributed by atoms with Crippen LogP contribution in [0.4, 0.5) is 0 Å². The Kier molecular flexibility index (Phi) is 6.31. The van der Waals surface area contributed by atoms with Crippen molar-refractivity contribution >= 4 is 0 Å². The third-order valence-corrected chi connectivity index (χ3v) is 5.84. The number of ether oxygens (including phenoxy) is 1. The third-order valence-electron chi connectivity index (χ3n) is 5.84. The van der Waals surface area contributed by atoms with Crippen LogP contribution in [0, 0.1) is 0 Å². The Balaban J connectivity index is 1.59. The number of imidazole rings is 1. The van der Waals surface area contributed by atoms with Gasteiger partial charge in [0.05, 0.1) is 12.1 Å². The first-order valence-electron chi connectivity index (χ1n) is 9.81. The number of nitrogens with two attached hydrogens (primary N) is 1. The average Bonchev–Trinajstić information content (AvgIpc) is 2.98. The topological polar surface area (TPSA) is 65.1 Å². The Morgan fingerprint density at radius 1 is 1.29 bits per heavy atom. The summed E-state index contributed by atoms with van der Waals surface area (Å²) in [6.45, 7) is 4.05. The fraction of sp³-hybridized carbons (Fsp3) is 0.842. The van der Waals surface area contributed by atoms with E-state index < -0.39 is 0 Å². The summed E-state index contributed by atoms with van der Waals surface area (Å²) < 4.78 is 8.04. The molecule has 2 fully saturated rings. The maximum atomic E-state index is 6.49. The van der Waals surface area contributed by atoms with Crippen molar-refractivity contribution in [2.45, 2.75) is 82.4 Å². The molecule has 3 rings (SSSR count). The van der Waals surface area contributed by atoms with Crippen LogP contribution < -0.4 is 11.1 Å². The second-order valence-electron chi connectivity index (χ2n) is 7.52. The van der Waals surface area contributed by atoms with Crippen LogP contribution in [0.1, 0.15) is 81.8 Å². The maximum absolute atomic E-state index is 6.49. The lowest BCUT2D eigenvalue weighted by Crippen LogP contribution is -2.37. The molecule has 1 saturated heterocycles. The fourth-order valence-electron chi connectivity index (χ4n) is 4.46. The summed E-state index contributed by atoms with van der Waals surface area (Å²) in [6.07, 6.45) is 12.1. The zero-order valence-corrected chi connectivity index (χ0v) is 15.3. The first-order chi connectivity index (χ1) is 11.7. The van der Waals surface area contributed by atoms with Gasteiger partial charge >= 0.3 is 0 Å². The molecule has 1 aliphatic carbocycles. The van der Waals surface area contributed by atoms with Crippen molar-refractivity contribution in [2.24, 2.45) is 12.8 Å². The van der Waals surface area contributed by atoms with Crippen molar-refractivity contribution in [1.29, 1.82) is 0 Å². The van der Waals surface area contributed by atoms with Crippen LogP contribution in [-0.4, -0.2) is 34.8 Å². The molecule has 2 aliphatic rings. The van der Waals surface area contributed by atoms with Gasteiger partial charge < -0.3 is 20.4 Å². The Labute approximate surface area is 146 Å². The van der Waals surface area contributed by atoms with Crippen LogP contribution in [0.2, 0.25) is 0 Å². The summed E-state index contributed by atoms with van der Waals surface area (Å²) in [5, 5.41) is 3.60. The molecule has 1 aromatic rings. The van der Waals surface area contributed by atoms with E-state index in [-0.39, 0.29) is 6.04 Å². The van der Waals surface area contributed by atoms with Crippen molar-refractivity contribution in [3.63, 3.8) is 0 Å². The lowest BCUT2D eigenvalue weighted by molar-refractivity contribution is 0.0323. The van der Waals surface area contributed by atoms with Crippen molar-refractivity contribution in [3.05, 3.63) is 17.7 Å². The lowest BCUT2D eigenvalue weighted by Gasteiger charge is -2.29. The Bertz CT molecular complexity index is 501. The summed E-state index contributed by atoms with van der Waals surface area (Å²) in [6, 6.07) is 0.578. The Morgan fingerprint density at radius 3 is 2.75 bits per heavy atom. The van der Waals surface area contributed by atoms with E-state index in [1.807, 2.05) is 0 Å². The number of aromatic nitrogens is 2. The van der Waals surface area contributed by atoms with E-state index in [9.17, 15) is 0 Å². The molecule has 0 amide bonds. The van der Waals surface area contributed by atoms with Gasteiger partial charge in [-0.05, 0) is 58.4 Å². The molecule has 5 heteroatoms. The molecule has 1 aromatic heterocycles. The summed E-state index contributed by atoms with van der Waals surface area (Å²) in [7, 11) is 2.14. The second-order valence-corrected chi connectivity index (χ2v) is 7.52. The van der Waals surface area contributed by atoms with E-state index in [1.54, 1.807) is 0 Å². The molecule has 2 atom stereocenters. The zero-order chi connectivity index (χ0) is 16.9. The van der Waals surface area contributed by atoms with Gasteiger partial charge in [-0.1, -0.05) is 6.42 Å². The summed E-state index contributed by atoms with van der Waals surface area (Å²) in [4.78, 5) is 4.69. The second kappa shape index (κ2) is 8.45. The first-order valence-corrected chi connectivity index (χ1v) is 9.81. The van der Waals surface area contributed by atoms with Crippen LogP contribution in [0.5, 0.6) is 0 Å². The average molecular weight is 335 g/mol. The van der Waals surface area contributed by atoms with Crippen molar-refractivity contribution in [2.75, 3.05) is 13.2 Å². The van der Waals surface area contributed by atoms with Crippen molar-refractivity contribution in [1.82, 2.24) is 14.9 Å². The van der Waals surface area contributed by atoms with Crippen LogP contribution in [0.25, 0.3) is 0 Å². The molecule has 1 saturated carbocycles. The van der Waals surface area contributed by atoms with E-state index >= 15 is 0 Å². The normalized spacial score (nSPS) is 29.5. The number of hydrogen-bond donors (Lipinski definition) is 2. The summed E-state index contributed by atoms with van der Waals surface area (Å²) in [5.41, 5.74) is 7.84. The van der Waals surface area contributed by atoms with E-state index in [1.165, 1.54) is 37.8 Å². The number of rotatable bonds is 6. The minimum Gasteiger partial charge on any atom is -0.379 e. The monoisotopic (exact) mass is 334 g/mol. The van der Waals surface area contributed by atoms with Crippen LogP contribution in [-0.2, 0) is 11.8 Å². The summed E-state index contributed by atoms with van der Waals surface area (Å²) in [5.74, 6) is 1.65. The molecule has 2 heterocycles. The largest absolute Gasteiger partial charge is 0.379 e. The molecule has 24 heavy (non-hydrogen) atoms. The molecular formula is C19H34N4O. The predicted octanol–water partition coefficient (Wildman–Crippen LogP) is 3.01. The standard InChI is InChI=1S/C19H34N4O/c1-3-24-16-9-7-14(8-10-16)18-13-22-19(23(18)2)17(20)12-15-6-4-5-11-21-15/h13-17,21H,3-12,20H2,1-2H3/t14?,15?,16?,17-/m0/s1. The molecule has 136 valence electrons. The SMILES string of the molecule is CCOC1CCC(c2cnc([C@@H](N)CC3CCCCN3)n2C)CC1. The third kappa shape index (κ3) is 4.19. The molecule has 3 N–H and O–H groups in total. The molecule has 5 nitrogen and oxygen atoms in total. The Morgan fingerprint density at radius 2 is 2.08 bits per heavy atom. The van der Waals surface area contributed by atoms with Gasteiger partial charge in [0.15, 0.2) is 0 Å². The summed E-state index contributed by atoms with van der Waals surface area (Å²) >= 11 is 0. The first kappa shape index (κ1) is 17.9. The predicted molar refractivity (Wildman–Crippen MR) is 97.0 cm³/mol. The highest BCUT2D eigenvalue weighted by Crippen LogP contribution is 2.34. The van der Waals surface area contributed by atoms with E-state index in [4.69, 9.17) is 15.5 Å². The van der Waals surface area contributed by atoms with Crippen molar-refractivity contribution < 1.29 is 4.74 Å². The zero-order valence-electron chi connectivity index (χ0n) is 15.3. The van der Waals surface area contributed by atoms with Gasteiger partial charge in [-0.15, -0.1) is 0 Å². The Hall–Kier alpha value is -0.910. The number of nitrogens with zero attached hydrogens (tertiary/aromatic N) is 2. The van der Waals surface area contributed by atoms with Crippen LogP contribution in [0.15, 0.2) is 6.20 Å². The van der Waals surface area contributed by atoms with Gasteiger partial charge in [0.25, 0.3) is 0 Å². The fourth-order valence-corrected chi connectivity index (χ4v) is 4.46. The van der Waals surface area contributed by atoms with Gasteiger partial charge in [-0.3, -0.25) is 0 Å². The van der Waals surface area contributed by atoms with Crippen LogP contribution in [0.3, 0.4) is 0 Å². The quantitative estimate of drug-likeness (QED) is 0.839.